The van der Waals surface area contributed by atoms with Crippen molar-refractivity contribution in [1.29, 1.82) is 0 Å². The molecule has 1 N–H and O–H groups in total. The molecule has 0 radical (unpaired) electrons. The van der Waals surface area contributed by atoms with Crippen LogP contribution in [0.15, 0.2) is 30.3 Å². The van der Waals surface area contributed by atoms with Crippen LogP contribution in [-0.2, 0) is 6.54 Å². The summed E-state index contributed by atoms with van der Waals surface area (Å²) in [6, 6.07) is 8.15. The van der Waals surface area contributed by atoms with Gasteiger partial charge in [-0.05, 0) is 24.6 Å². The number of ether oxygens (including phenoxy) is 1. The largest absolute Gasteiger partial charge is 0.439 e. The predicted molar refractivity (Wildman–Crippen MR) is 82.4 cm³/mol. The second-order valence-electron chi connectivity index (χ2n) is 5.13. The van der Waals surface area contributed by atoms with Crippen LogP contribution in [0.3, 0.4) is 0 Å². The third-order valence-electron chi connectivity index (χ3n) is 2.94. The van der Waals surface area contributed by atoms with E-state index >= 15 is 0 Å². The molecule has 3 nitrogen and oxygen atoms in total. The summed E-state index contributed by atoms with van der Waals surface area (Å²) in [7, 11) is 0. The van der Waals surface area contributed by atoms with Gasteiger partial charge in [-0.1, -0.05) is 31.5 Å². The Morgan fingerprint density at radius 1 is 1.29 bits per heavy atom. The number of halogens is 2. The zero-order valence-corrected chi connectivity index (χ0v) is 13.0. The van der Waals surface area contributed by atoms with Crippen LogP contribution in [0.25, 0.3) is 0 Å². The summed E-state index contributed by atoms with van der Waals surface area (Å²) in [6.45, 7) is 6.50. The molecule has 5 heteroatoms. The summed E-state index contributed by atoms with van der Waals surface area (Å²) in [5.74, 6) is 0.507. The molecule has 0 saturated carbocycles. The number of hydrogen-bond acceptors (Lipinski definition) is 3. The first-order valence-electron chi connectivity index (χ1n) is 6.78. The van der Waals surface area contributed by atoms with Gasteiger partial charge in [0.1, 0.15) is 11.6 Å². The van der Waals surface area contributed by atoms with Crippen molar-refractivity contribution in [3.63, 3.8) is 0 Å². The van der Waals surface area contributed by atoms with Crippen LogP contribution in [0.5, 0.6) is 11.6 Å². The number of nitrogens with one attached hydrogen (secondary N) is 1. The quantitative estimate of drug-likeness (QED) is 0.884. The van der Waals surface area contributed by atoms with Crippen molar-refractivity contribution >= 4 is 11.6 Å². The van der Waals surface area contributed by atoms with Gasteiger partial charge >= 0.3 is 0 Å². The Hall–Kier alpha value is -1.65. The molecule has 0 fully saturated rings. The van der Waals surface area contributed by atoms with Crippen LogP contribution in [0.4, 0.5) is 4.39 Å². The number of nitrogens with zero attached hydrogens (tertiary/aromatic N) is 1. The van der Waals surface area contributed by atoms with E-state index in [1.54, 1.807) is 18.2 Å². The van der Waals surface area contributed by atoms with E-state index in [1.807, 2.05) is 20.8 Å². The molecule has 0 bridgehead atoms. The third kappa shape index (κ3) is 4.41. The van der Waals surface area contributed by atoms with Gasteiger partial charge in [0.05, 0.1) is 10.7 Å². The van der Waals surface area contributed by atoms with Gasteiger partial charge in [0.15, 0.2) is 0 Å². The van der Waals surface area contributed by atoms with Gasteiger partial charge in [0.2, 0.25) is 5.88 Å². The molecule has 0 atom stereocenters. The minimum Gasteiger partial charge on any atom is -0.439 e. The maximum absolute atomic E-state index is 13.3. The second kappa shape index (κ2) is 6.87. The van der Waals surface area contributed by atoms with Crippen LogP contribution < -0.4 is 10.1 Å². The SMILES string of the molecule is Cc1ccc(F)cc1Oc1ccc(Cl)c(CNC(C)C)n1. The fourth-order valence-electron chi connectivity index (χ4n) is 1.74. The summed E-state index contributed by atoms with van der Waals surface area (Å²) in [6.07, 6.45) is 0. The van der Waals surface area contributed by atoms with Crippen LogP contribution in [0.1, 0.15) is 25.1 Å². The molecular formula is C16H18ClFN2O. The van der Waals surface area contributed by atoms with Gasteiger partial charge in [-0.25, -0.2) is 9.37 Å². The number of pyridine rings is 1. The molecule has 0 aliphatic heterocycles. The molecular weight excluding hydrogens is 291 g/mol. The van der Waals surface area contributed by atoms with E-state index in [9.17, 15) is 4.39 Å². The Labute approximate surface area is 129 Å². The molecule has 21 heavy (non-hydrogen) atoms. The van der Waals surface area contributed by atoms with Crippen molar-refractivity contribution in [3.8, 4) is 11.6 Å². The summed E-state index contributed by atoms with van der Waals surface area (Å²) in [5, 5.41) is 3.83. The first-order valence-corrected chi connectivity index (χ1v) is 7.16. The monoisotopic (exact) mass is 308 g/mol. The number of aryl methyl sites for hydroxylation is 1. The van der Waals surface area contributed by atoms with E-state index < -0.39 is 0 Å². The molecule has 112 valence electrons. The Kier molecular flexibility index (Phi) is 5.15. The average Bonchev–Trinajstić information content (AvgIpc) is 2.43. The van der Waals surface area contributed by atoms with E-state index in [2.05, 4.69) is 10.3 Å². The molecule has 0 amide bonds. The van der Waals surface area contributed by atoms with E-state index in [4.69, 9.17) is 16.3 Å². The predicted octanol–water partition coefficient (Wildman–Crippen LogP) is 4.47. The molecule has 1 aromatic carbocycles. The van der Waals surface area contributed by atoms with E-state index in [1.165, 1.54) is 12.1 Å². The third-order valence-corrected chi connectivity index (χ3v) is 3.28. The highest BCUT2D eigenvalue weighted by molar-refractivity contribution is 6.31. The summed E-state index contributed by atoms with van der Waals surface area (Å²) in [5.41, 5.74) is 1.55. The number of hydrogen-bond donors (Lipinski definition) is 1. The van der Waals surface area contributed by atoms with Crippen molar-refractivity contribution in [1.82, 2.24) is 10.3 Å². The van der Waals surface area contributed by atoms with Crippen LogP contribution in [-0.4, -0.2) is 11.0 Å². The fourth-order valence-corrected chi connectivity index (χ4v) is 1.91. The average molecular weight is 309 g/mol. The van der Waals surface area contributed by atoms with Crippen molar-refractivity contribution in [2.24, 2.45) is 0 Å². The fraction of sp³-hybridized carbons (Fsp3) is 0.312. The Morgan fingerprint density at radius 3 is 2.76 bits per heavy atom. The molecule has 1 aromatic heterocycles. The standard InChI is InChI=1S/C16H18ClFN2O/c1-10(2)19-9-14-13(17)6-7-16(20-14)21-15-8-12(18)5-4-11(15)3/h4-8,10,19H,9H2,1-3H3. The van der Waals surface area contributed by atoms with E-state index in [0.29, 0.717) is 34.9 Å². The van der Waals surface area contributed by atoms with Crippen LogP contribution in [0, 0.1) is 12.7 Å². The molecule has 0 saturated heterocycles. The Bertz CT molecular complexity index is 632. The minimum absolute atomic E-state index is 0.331. The summed E-state index contributed by atoms with van der Waals surface area (Å²) < 4.78 is 18.9. The number of aromatic nitrogens is 1. The van der Waals surface area contributed by atoms with Gasteiger partial charge in [-0.15, -0.1) is 0 Å². The highest BCUT2D eigenvalue weighted by atomic mass is 35.5. The highest BCUT2D eigenvalue weighted by Gasteiger charge is 2.08. The lowest BCUT2D eigenvalue weighted by Gasteiger charge is -2.12. The number of benzene rings is 1. The molecule has 2 rings (SSSR count). The lowest BCUT2D eigenvalue weighted by molar-refractivity contribution is 0.450. The van der Waals surface area contributed by atoms with Gasteiger partial charge in [0, 0.05) is 24.7 Å². The molecule has 0 spiro atoms. The summed E-state index contributed by atoms with van der Waals surface area (Å²) in [4.78, 5) is 4.37. The zero-order chi connectivity index (χ0) is 15.4. The number of rotatable bonds is 5. The maximum atomic E-state index is 13.3. The van der Waals surface area contributed by atoms with Crippen molar-refractivity contribution in [3.05, 3.63) is 52.4 Å². The zero-order valence-electron chi connectivity index (χ0n) is 12.3. The molecule has 0 unspecified atom stereocenters. The summed E-state index contributed by atoms with van der Waals surface area (Å²) >= 11 is 6.12. The lowest BCUT2D eigenvalue weighted by Crippen LogP contribution is -2.22. The van der Waals surface area contributed by atoms with Gasteiger partial charge in [-0.3, -0.25) is 0 Å². The topological polar surface area (TPSA) is 34.1 Å². The highest BCUT2D eigenvalue weighted by Crippen LogP contribution is 2.26. The van der Waals surface area contributed by atoms with Crippen LogP contribution in [0.2, 0.25) is 5.02 Å². The molecule has 0 aliphatic carbocycles. The van der Waals surface area contributed by atoms with Crippen molar-refractivity contribution in [2.75, 3.05) is 0 Å². The van der Waals surface area contributed by atoms with E-state index in [0.717, 1.165) is 5.56 Å². The van der Waals surface area contributed by atoms with Gasteiger partial charge in [-0.2, -0.15) is 0 Å². The van der Waals surface area contributed by atoms with Crippen LogP contribution >= 0.6 is 11.6 Å². The molecule has 1 heterocycles. The Morgan fingerprint density at radius 2 is 2.05 bits per heavy atom. The normalized spacial score (nSPS) is 11.0. The molecule has 0 aliphatic rings. The maximum Gasteiger partial charge on any atom is 0.219 e. The first-order chi connectivity index (χ1) is 9.95. The minimum atomic E-state index is -0.341. The second-order valence-corrected chi connectivity index (χ2v) is 5.53. The lowest BCUT2D eigenvalue weighted by atomic mass is 10.2. The van der Waals surface area contributed by atoms with Crippen molar-refractivity contribution < 1.29 is 9.13 Å². The Balaban J connectivity index is 2.20. The van der Waals surface area contributed by atoms with Gasteiger partial charge < -0.3 is 10.1 Å². The first kappa shape index (κ1) is 15.7. The van der Waals surface area contributed by atoms with Crippen molar-refractivity contribution in [2.45, 2.75) is 33.4 Å². The molecule has 2 aromatic rings. The smallest absolute Gasteiger partial charge is 0.219 e. The van der Waals surface area contributed by atoms with Gasteiger partial charge in [0.25, 0.3) is 0 Å². The van der Waals surface area contributed by atoms with E-state index in [-0.39, 0.29) is 5.82 Å².